The highest BCUT2D eigenvalue weighted by molar-refractivity contribution is 6.01. The average molecular weight is 317 g/mol. The Bertz CT molecular complexity index is 654. The van der Waals surface area contributed by atoms with Crippen molar-refractivity contribution < 1.29 is 14.0 Å². The van der Waals surface area contributed by atoms with Crippen LogP contribution < -0.4 is 10.6 Å². The number of rotatable bonds is 5. The van der Waals surface area contributed by atoms with E-state index >= 15 is 0 Å². The van der Waals surface area contributed by atoms with Crippen LogP contribution >= 0.6 is 0 Å². The number of urea groups is 1. The van der Waals surface area contributed by atoms with E-state index in [0.717, 1.165) is 19.3 Å². The molecule has 3 rings (SSSR count). The summed E-state index contributed by atoms with van der Waals surface area (Å²) in [6, 6.07) is 5.01. The quantitative estimate of drug-likeness (QED) is 0.820. The number of halogens is 1. The lowest BCUT2D eigenvalue weighted by molar-refractivity contribution is -0.125. The molecule has 0 spiro atoms. The van der Waals surface area contributed by atoms with Gasteiger partial charge < -0.3 is 15.5 Å². The van der Waals surface area contributed by atoms with Gasteiger partial charge >= 0.3 is 6.03 Å². The molecule has 3 amide bonds. The SMILES string of the molecule is CCCCCN1CC2=C(C1=O)C(c1ccc(F)cc1)NC(=O)N2. The number of benzene rings is 1. The van der Waals surface area contributed by atoms with E-state index < -0.39 is 6.04 Å². The highest BCUT2D eigenvalue weighted by Gasteiger charge is 2.39. The van der Waals surface area contributed by atoms with Crippen molar-refractivity contribution >= 4 is 11.9 Å². The predicted molar refractivity (Wildman–Crippen MR) is 83.9 cm³/mol. The summed E-state index contributed by atoms with van der Waals surface area (Å²) in [5.41, 5.74) is 1.93. The van der Waals surface area contributed by atoms with Gasteiger partial charge in [0.2, 0.25) is 0 Å². The van der Waals surface area contributed by atoms with Crippen LogP contribution in [-0.4, -0.2) is 29.9 Å². The number of hydrogen-bond donors (Lipinski definition) is 2. The minimum atomic E-state index is -0.525. The minimum absolute atomic E-state index is 0.0575. The molecule has 6 heteroatoms. The van der Waals surface area contributed by atoms with Crippen LogP contribution in [0.1, 0.15) is 37.8 Å². The minimum Gasteiger partial charge on any atom is -0.333 e. The number of nitrogens with zero attached hydrogens (tertiary/aromatic N) is 1. The summed E-state index contributed by atoms with van der Waals surface area (Å²) in [6.07, 6.45) is 3.11. The standard InChI is InChI=1S/C17H20FN3O2/c1-2-3-4-9-21-10-13-14(16(21)22)15(20-17(23)19-13)11-5-7-12(18)8-6-11/h5-8,15H,2-4,9-10H2,1H3,(H2,19,20,23). The third kappa shape index (κ3) is 3.06. The summed E-state index contributed by atoms with van der Waals surface area (Å²) < 4.78 is 13.1. The molecule has 1 aromatic rings. The first-order valence-electron chi connectivity index (χ1n) is 7.95. The number of nitrogens with one attached hydrogen (secondary N) is 2. The highest BCUT2D eigenvalue weighted by Crippen LogP contribution is 2.32. The highest BCUT2D eigenvalue weighted by atomic mass is 19.1. The molecule has 0 fully saturated rings. The summed E-state index contributed by atoms with van der Waals surface area (Å²) in [4.78, 5) is 26.3. The molecule has 1 aromatic carbocycles. The van der Waals surface area contributed by atoms with Gasteiger partial charge in [-0.2, -0.15) is 0 Å². The Morgan fingerprint density at radius 1 is 1.22 bits per heavy atom. The Balaban J connectivity index is 1.84. The first-order chi connectivity index (χ1) is 11.1. The maximum Gasteiger partial charge on any atom is 0.319 e. The van der Waals surface area contributed by atoms with E-state index in [4.69, 9.17) is 0 Å². The lowest BCUT2D eigenvalue weighted by Gasteiger charge is -2.25. The van der Waals surface area contributed by atoms with E-state index in [1.165, 1.54) is 12.1 Å². The molecule has 2 heterocycles. The predicted octanol–water partition coefficient (Wildman–Crippen LogP) is 2.47. The molecular formula is C17H20FN3O2. The molecule has 0 bridgehead atoms. The van der Waals surface area contributed by atoms with Crippen LogP contribution in [0.15, 0.2) is 35.5 Å². The van der Waals surface area contributed by atoms with Gasteiger partial charge in [-0.15, -0.1) is 0 Å². The lowest BCUT2D eigenvalue weighted by Crippen LogP contribution is -2.44. The van der Waals surface area contributed by atoms with Crippen molar-refractivity contribution in [1.82, 2.24) is 15.5 Å². The number of carbonyl (C=O) groups is 2. The summed E-state index contributed by atoms with van der Waals surface area (Å²) in [5.74, 6) is -0.403. The lowest BCUT2D eigenvalue weighted by atomic mass is 9.96. The molecular weight excluding hydrogens is 297 g/mol. The maximum atomic E-state index is 13.1. The van der Waals surface area contributed by atoms with E-state index in [1.807, 2.05) is 0 Å². The topological polar surface area (TPSA) is 61.4 Å². The molecule has 0 saturated heterocycles. The van der Waals surface area contributed by atoms with E-state index in [0.29, 0.717) is 29.9 Å². The van der Waals surface area contributed by atoms with E-state index in [2.05, 4.69) is 17.6 Å². The summed E-state index contributed by atoms with van der Waals surface area (Å²) >= 11 is 0. The van der Waals surface area contributed by atoms with Crippen molar-refractivity contribution in [3.63, 3.8) is 0 Å². The Morgan fingerprint density at radius 2 is 1.96 bits per heavy atom. The third-order valence-corrected chi connectivity index (χ3v) is 4.26. The molecule has 5 nitrogen and oxygen atoms in total. The van der Waals surface area contributed by atoms with Crippen molar-refractivity contribution in [1.29, 1.82) is 0 Å². The second-order valence-corrected chi connectivity index (χ2v) is 5.91. The van der Waals surface area contributed by atoms with Crippen molar-refractivity contribution in [2.24, 2.45) is 0 Å². The molecule has 0 radical (unpaired) electrons. The summed E-state index contributed by atoms with van der Waals surface area (Å²) in [7, 11) is 0. The summed E-state index contributed by atoms with van der Waals surface area (Å²) in [6.45, 7) is 3.23. The molecule has 2 aliphatic heterocycles. The Kier molecular flexibility index (Phi) is 4.32. The van der Waals surface area contributed by atoms with Gasteiger partial charge in [0.1, 0.15) is 5.82 Å². The molecule has 23 heavy (non-hydrogen) atoms. The molecule has 0 aliphatic carbocycles. The smallest absolute Gasteiger partial charge is 0.319 e. The van der Waals surface area contributed by atoms with E-state index in [-0.39, 0.29) is 17.8 Å². The number of amides is 3. The number of unbranched alkanes of at least 4 members (excludes halogenated alkanes) is 2. The first-order valence-corrected chi connectivity index (χ1v) is 7.95. The maximum absolute atomic E-state index is 13.1. The zero-order valence-corrected chi connectivity index (χ0v) is 13.1. The largest absolute Gasteiger partial charge is 0.333 e. The molecule has 0 aromatic heterocycles. The van der Waals surface area contributed by atoms with Crippen LogP contribution in [0.3, 0.4) is 0 Å². The van der Waals surface area contributed by atoms with Crippen molar-refractivity contribution in [2.75, 3.05) is 13.1 Å². The second kappa shape index (κ2) is 6.40. The molecule has 0 saturated carbocycles. The van der Waals surface area contributed by atoms with Gasteiger partial charge in [0.15, 0.2) is 0 Å². The van der Waals surface area contributed by atoms with Crippen LogP contribution in [0.2, 0.25) is 0 Å². The number of carbonyl (C=O) groups excluding carboxylic acids is 2. The summed E-state index contributed by atoms with van der Waals surface area (Å²) in [5, 5.41) is 5.50. The fourth-order valence-electron chi connectivity index (χ4n) is 3.07. The Hall–Kier alpha value is -2.37. The monoisotopic (exact) mass is 317 g/mol. The van der Waals surface area contributed by atoms with E-state index in [9.17, 15) is 14.0 Å². The van der Waals surface area contributed by atoms with Crippen LogP contribution in [-0.2, 0) is 4.79 Å². The van der Waals surface area contributed by atoms with Gasteiger partial charge in [0.05, 0.1) is 23.9 Å². The van der Waals surface area contributed by atoms with Crippen molar-refractivity contribution in [3.05, 3.63) is 46.9 Å². The number of hydrogen-bond acceptors (Lipinski definition) is 2. The van der Waals surface area contributed by atoms with Gasteiger partial charge in [0, 0.05) is 6.54 Å². The normalized spacial score (nSPS) is 20.4. The molecule has 1 unspecified atom stereocenters. The van der Waals surface area contributed by atoms with Crippen LogP contribution in [0.4, 0.5) is 9.18 Å². The van der Waals surface area contributed by atoms with Gasteiger partial charge in [-0.25, -0.2) is 9.18 Å². The molecule has 122 valence electrons. The Labute approximate surface area is 134 Å². The molecule has 1 atom stereocenters. The average Bonchev–Trinajstić information content (AvgIpc) is 2.84. The fourth-order valence-corrected chi connectivity index (χ4v) is 3.07. The van der Waals surface area contributed by atoms with Crippen LogP contribution in [0.25, 0.3) is 0 Å². The zero-order chi connectivity index (χ0) is 16.4. The van der Waals surface area contributed by atoms with Crippen LogP contribution in [0.5, 0.6) is 0 Å². The van der Waals surface area contributed by atoms with Crippen molar-refractivity contribution in [2.45, 2.75) is 32.2 Å². The first kappa shape index (κ1) is 15.5. The van der Waals surface area contributed by atoms with E-state index in [1.54, 1.807) is 17.0 Å². The van der Waals surface area contributed by atoms with Crippen molar-refractivity contribution in [3.8, 4) is 0 Å². The molecule has 2 N–H and O–H groups in total. The second-order valence-electron chi connectivity index (χ2n) is 5.91. The Morgan fingerprint density at radius 3 is 2.65 bits per heavy atom. The zero-order valence-electron chi connectivity index (χ0n) is 13.1. The van der Waals surface area contributed by atoms with Gasteiger partial charge in [0.25, 0.3) is 5.91 Å². The van der Waals surface area contributed by atoms with Gasteiger partial charge in [-0.05, 0) is 24.1 Å². The third-order valence-electron chi connectivity index (χ3n) is 4.26. The van der Waals surface area contributed by atoms with Crippen LogP contribution in [0, 0.1) is 5.82 Å². The van der Waals surface area contributed by atoms with Gasteiger partial charge in [-0.1, -0.05) is 31.9 Å². The van der Waals surface area contributed by atoms with Gasteiger partial charge in [-0.3, -0.25) is 4.79 Å². The fraction of sp³-hybridized carbons (Fsp3) is 0.412. The molecule has 2 aliphatic rings.